The third-order valence-electron chi connectivity index (χ3n) is 3.68. The van der Waals surface area contributed by atoms with Crippen molar-refractivity contribution in [1.82, 2.24) is 5.32 Å². The number of amides is 2. The molecular weight excluding hydrogens is 328 g/mol. The minimum Gasteiger partial charge on any atom is -0.483 e. The molecule has 0 aliphatic rings. The smallest absolute Gasteiger partial charge is 0.262 e. The quantitative estimate of drug-likeness (QED) is 0.857. The monoisotopic (exact) mass is 354 g/mol. The molecule has 2 aromatic rings. The van der Waals surface area contributed by atoms with E-state index in [1.165, 1.54) is 0 Å². The average molecular weight is 354 g/mol. The second-order valence-electron chi connectivity index (χ2n) is 7.34. The fraction of sp³-hybridized carbons (Fsp3) is 0.333. The van der Waals surface area contributed by atoms with Crippen molar-refractivity contribution in [3.8, 4) is 5.75 Å². The van der Waals surface area contributed by atoms with E-state index in [4.69, 9.17) is 4.74 Å². The van der Waals surface area contributed by atoms with Gasteiger partial charge in [-0.1, -0.05) is 18.2 Å². The minimum absolute atomic E-state index is 0.0715. The van der Waals surface area contributed by atoms with E-state index in [0.29, 0.717) is 11.3 Å². The topological polar surface area (TPSA) is 67.4 Å². The van der Waals surface area contributed by atoms with Gasteiger partial charge in [0.2, 0.25) is 0 Å². The lowest BCUT2D eigenvalue weighted by Crippen LogP contribution is -2.40. The highest BCUT2D eigenvalue weighted by atomic mass is 16.5. The van der Waals surface area contributed by atoms with Crippen LogP contribution in [-0.4, -0.2) is 24.0 Å². The van der Waals surface area contributed by atoms with Crippen molar-refractivity contribution < 1.29 is 14.3 Å². The highest BCUT2D eigenvalue weighted by molar-refractivity contribution is 5.96. The molecule has 0 aliphatic heterocycles. The summed E-state index contributed by atoms with van der Waals surface area (Å²) >= 11 is 0. The Kier molecular flexibility index (Phi) is 6.03. The predicted octanol–water partition coefficient (Wildman–Crippen LogP) is 3.85. The number of carbonyl (C=O) groups excluding carboxylic acids is 2. The van der Waals surface area contributed by atoms with Crippen LogP contribution in [0.1, 0.15) is 42.3 Å². The Morgan fingerprint density at radius 3 is 2.08 bits per heavy atom. The van der Waals surface area contributed by atoms with Gasteiger partial charge in [-0.3, -0.25) is 9.59 Å². The SMILES string of the molecule is Cc1cccc(C)c1OCC(=O)Nc1ccc(C(=O)NC(C)(C)C)cc1. The van der Waals surface area contributed by atoms with Gasteiger partial charge in [0.1, 0.15) is 5.75 Å². The number of anilines is 1. The number of carbonyl (C=O) groups is 2. The summed E-state index contributed by atoms with van der Waals surface area (Å²) in [5, 5.41) is 5.67. The lowest BCUT2D eigenvalue weighted by atomic mass is 10.1. The molecule has 0 spiro atoms. The Morgan fingerprint density at radius 1 is 0.962 bits per heavy atom. The van der Waals surface area contributed by atoms with Gasteiger partial charge in [-0.25, -0.2) is 0 Å². The van der Waals surface area contributed by atoms with Gasteiger partial charge in [0.05, 0.1) is 0 Å². The zero-order valence-corrected chi connectivity index (χ0v) is 16.0. The Bertz CT molecular complexity index is 770. The van der Waals surface area contributed by atoms with Crippen LogP contribution in [0.15, 0.2) is 42.5 Å². The van der Waals surface area contributed by atoms with Crippen LogP contribution >= 0.6 is 0 Å². The molecule has 2 amide bonds. The van der Waals surface area contributed by atoms with Crippen LogP contribution in [0.4, 0.5) is 5.69 Å². The molecule has 2 aromatic carbocycles. The molecule has 2 N–H and O–H groups in total. The summed E-state index contributed by atoms with van der Waals surface area (Å²) < 4.78 is 5.64. The maximum absolute atomic E-state index is 12.1. The molecule has 5 heteroatoms. The van der Waals surface area contributed by atoms with Crippen LogP contribution in [0.3, 0.4) is 0 Å². The maximum atomic E-state index is 12.1. The van der Waals surface area contributed by atoms with Crippen LogP contribution in [0.25, 0.3) is 0 Å². The van der Waals surface area contributed by atoms with E-state index in [9.17, 15) is 9.59 Å². The van der Waals surface area contributed by atoms with Crippen LogP contribution in [0, 0.1) is 13.8 Å². The molecule has 5 nitrogen and oxygen atoms in total. The molecule has 2 rings (SSSR count). The van der Waals surface area contributed by atoms with Gasteiger partial charge in [0, 0.05) is 16.8 Å². The first-order valence-electron chi connectivity index (χ1n) is 8.57. The number of hydrogen-bond donors (Lipinski definition) is 2. The molecule has 138 valence electrons. The Balaban J connectivity index is 1.92. The molecule has 0 saturated heterocycles. The molecule has 0 aliphatic carbocycles. The van der Waals surface area contributed by atoms with Gasteiger partial charge >= 0.3 is 0 Å². The minimum atomic E-state index is -0.297. The number of hydrogen-bond acceptors (Lipinski definition) is 3. The van der Waals surface area contributed by atoms with Crippen molar-refractivity contribution in [2.24, 2.45) is 0 Å². The average Bonchev–Trinajstić information content (AvgIpc) is 2.53. The third kappa shape index (κ3) is 5.62. The number of aryl methyl sites for hydroxylation is 2. The first kappa shape index (κ1) is 19.5. The van der Waals surface area contributed by atoms with Crippen molar-refractivity contribution >= 4 is 17.5 Å². The fourth-order valence-corrected chi connectivity index (χ4v) is 2.48. The molecule has 0 radical (unpaired) electrons. The number of benzene rings is 2. The first-order chi connectivity index (χ1) is 12.2. The number of para-hydroxylation sites is 1. The van der Waals surface area contributed by atoms with Crippen LogP contribution in [0.5, 0.6) is 5.75 Å². The van der Waals surface area contributed by atoms with E-state index < -0.39 is 0 Å². The van der Waals surface area contributed by atoms with Gasteiger partial charge in [-0.05, 0) is 70.0 Å². The molecule has 0 heterocycles. The van der Waals surface area contributed by atoms with Crippen molar-refractivity contribution in [3.05, 3.63) is 59.2 Å². The molecule has 26 heavy (non-hydrogen) atoms. The summed E-state index contributed by atoms with van der Waals surface area (Å²) in [6, 6.07) is 12.6. The van der Waals surface area contributed by atoms with E-state index in [1.807, 2.05) is 52.8 Å². The highest BCUT2D eigenvalue weighted by Gasteiger charge is 2.15. The first-order valence-corrected chi connectivity index (χ1v) is 8.57. The van der Waals surface area contributed by atoms with Gasteiger partial charge < -0.3 is 15.4 Å². The van der Waals surface area contributed by atoms with E-state index in [1.54, 1.807) is 24.3 Å². The summed E-state index contributed by atoms with van der Waals surface area (Å²) in [5.41, 5.74) is 2.85. The summed E-state index contributed by atoms with van der Waals surface area (Å²) in [4.78, 5) is 24.2. The zero-order chi connectivity index (χ0) is 19.3. The molecule has 0 bridgehead atoms. The molecule has 0 unspecified atom stereocenters. The van der Waals surface area contributed by atoms with Crippen molar-refractivity contribution in [2.75, 3.05) is 11.9 Å². The number of ether oxygens (including phenoxy) is 1. The van der Waals surface area contributed by atoms with E-state index in [-0.39, 0.29) is 24.0 Å². The Morgan fingerprint density at radius 2 is 1.54 bits per heavy atom. The van der Waals surface area contributed by atoms with E-state index >= 15 is 0 Å². The third-order valence-corrected chi connectivity index (χ3v) is 3.68. The summed E-state index contributed by atoms with van der Waals surface area (Å²) in [7, 11) is 0. The lowest BCUT2D eigenvalue weighted by Gasteiger charge is -2.20. The second-order valence-corrected chi connectivity index (χ2v) is 7.34. The number of rotatable bonds is 5. The normalized spacial score (nSPS) is 11.0. The van der Waals surface area contributed by atoms with Crippen LogP contribution < -0.4 is 15.4 Å². The predicted molar refractivity (Wildman–Crippen MR) is 104 cm³/mol. The number of nitrogens with one attached hydrogen (secondary N) is 2. The molecule has 0 atom stereocenters. The molecular formula is C21H26N2O3. The van der Waals surface area contributed by atoms with Crippen LogP contribution in [0.2, 0.25) is 0 Å². The summed E-state index contributed by atoms with van der Waals surface area (Å²) in [6.07, 6.45) is 0. The van der Waals surface area contributed by atoms with Crippen molar-refractivity contribution in [1.29, 1.82) is 0 Å². The fourth-order valence-electron chi connectivity index (χ4n) is 2.48. The zero-order valence-electron chi connectivity index (χ0n) is 16.0. The molecule has 0 fully saturated rings. The van der Waals surface area contributed by atoms with E-state index in [0.717, 1.165) is 16.9 Å². The van der Waals surface area contributed by atoms with Crippen LogP contribution in [-0.2, 0) is 4.79 Å². The maximum Gasteiger partial charge on any atom is 0.262 e. The highest BCUT2D eigenvalue weighted by Crippen LogP contribution is 2.22. The second kappa shape index (κ2) is 8.04. The van der Waals surface area contributed by atoms with Crippen molar-refractivity contribution in [3.63, 3.8) is 0 Å². The lowest BCUT2D eigenvalue weighted by molar-refractivity contribution is -0.118. The Hall–Kier alpha value is -2.82. The van der Waals surface area contributed by atoms with Gasteiger partial charge in [-0.15, -0.1) is 0 Å². The van der Waals surface area contributed by atoms with Gasteiger partial charge in [-0.2, -0.15) is 0 Å². The molecule has 0 saturated carbocycles. The Labute approximate surface area is 154 Å². The molecule has 0 aromatic heterocycles. The summed E-state index contributed by atoms with van der Waals surface area (Å²) in [6.45, 7) is 9.60. The van der Waals surface area contributed by atoms with E-state index in [2.05, 4.69) is 10.6 Å². The van der Waals surface area contributed by atoms with Gasteiger partial charge in [0.25, 0.3) is 11.8 Å². The summed E-state index contributed by atoms with van der Waals surface area (Å²) in [5.74, 6) is 0.338. The standard InChI is InChI=1S/C21H26N2O3/c1-14-7-6-8-15(2)19(14)26-13-18(24)22-17-11-9-16(10-12-17)20(25)23-21(3,4)5/h6-12H,13H2,1-5H3,(H,22,24)(H,23,25). The van der Waals surface area contributed by atoms with Crippen molar-refractivity contribution in [2.45, 2.75) is 40.2 Å². The largest absolute Gasteiger partial charge is 0.483 e. The van der Waals surface area contributed by atoms with Gasteiger partial charge in [0.15, 0.2) is 6.61 Å².